The number of aromatic nitrogens is 2. The molecule has 3 aromatic carbocycles. The summed E-state index contributed by atoms with van der Waals surface area (Å²) in [6, 6.07) is 26.2. The Labute approximate surface area is 208 Å². The van der Waals surface area contributed by atoms with Gasteiger partial charge in [0.1, 0.15) is 5.75 Å². The Morgan fingerprint density at radius 2 is 1.60 bits per heavy atom. The number of methoxy groups -OCH3 is 1. The molecule has 1 aliphatic heterocycles. The lowest BCUT2D eigenvalue weighted by molar-refractivity contribution is 0.221. The van der Waals surface area contributed by atoms with Crippen LogP contribution in [0.3, 0.4) is 0 Å². The topological polar surface area (TPSA) is 33.5 Å². The molecule has 35 heavy (non-hydrogen) atoms. The van der Waals surface area contributed by atoms with E-state index < -0.39 is 0 Å². The van der Waals surface area contributed by atoms with Crippen molar-refractivity contribution in [1.82, 2.24) is 14.5 Å². The van der Waals surface area contributed by atoms with E-state index in [1.165, 1.54) is 54.7 Å². The zero-order valence-electron chi connectivity index (χ0n) is 20.5. The van der Waals surface area contributed by atoms with Crippen LogP contribution >= 0.6 is 0 Å². The van der Waals surface area contributed by atoms with E-state index in [4.69, 9.17) is 4.74 Å². The van der Waals surface area contributed by atoms with Crippen LogP contribution in [-0.4, -0.2) is 34.7 Å². The van der Waals surface area contributed by atoms with Crippen LogP contribution in [0, 0.1) is 0 Å². The predicted octanol–water partition coefficient (Wildman–Crippen LogP) is 6.07. The molecule has 0 radical (unpaired) electrons. The minimum atomic E-state index is 0.813. The molecule has 180 valence electrons. The molecule has 1 saturated heterocycles. The van der Waals surface area contributed by atoms with Gasteiger partial charge in [-0.2, -0.15) is 0 Å². The van der Waals surface area contributed by atoms with Gasteiger partial charge in [-0.05, 0) is 79.0 Å². The normalized spacial score (nSPS) is 14.1. The second-order valence-electron chi connectivity index (χ2n) is 9.35. The van der Waals surface area contributed by atoms with Crippen molar-refractivity contribution < 1.29 is 4.74 Å². The number of piperidine rings is 1. The van der Waals surface area contributed by atoms with Crippen LogP contribution in [0.1, 0.15) is 36.0 Å². The highest BCUT2D eigenvalue weighted by molar-refractivity contribution is 5.50. The Bertz CT molecular complexity index is 1200. The zero-order valence-corrected chi connectivity index (χ0v) is 20.5. The van der Waals surface area contributed by atoms with Crippen molar-refractivity contribution in [2.24, 2.45) is 0 Å². The van der Waals surface area contributed by atoms with Crippen LogP contribution in [0.2, 0.25) is 0 Å². The van der Waals surface area contributed by atoms with Crippen LogP contribution in [0.25, 0.3) is 5.69 Å². The maximum absolute atomic E-state index is 5.48. The van der Waals surface area contributed by atoms with Crippen molar-refractivity contribution in [3.63, 3.8) is 0 Å². The molecule has 1 fully saturated rings. The fraction of sp³-hybridized carbons (Fsp3) is 0.300. The summed E-state index contributed by atoms with van der Waals surface area (Å²) >= 11 is 0. The third kappa shape index (κ3) is 6.11. The maximum Gasteiger partial charge on any atom is 0.119 e. The average Bonchev–Trinajstić information content (AvgIpc) is 3.45. The fourth-order valence-electron chi connectivity index (χ4n) is 4.86. The summed E-state index contributed by atoms with van der Waals surface area (Å²) in [6.45, 7) is 5.09. The van der Waals surface area contributed by atoms with E-state index in [2.05, 4.69) is 81.5 Å². The second-order valence-corrected chi connectivity index (χ2v) is 9.35. The number of imidazole rings is 1. The van der Waals surface area contributed by atoms with E-state index in [9.17, 15) is 0 Å². The molecule has 5 rings (SSSR count). The number of anilines is 1. The van der Waals surface area contributed by atoms with E-state index in [1.54, 1.807) is 13.3 Å². The van der Waals surface area contributed by atoms with Gasteiger partial charge in [0.15, 0.2) is 0 Å². The highest BCUT2D eigenvalue weighted by atomic mass is 16.5. The molecule has 0 saturated carbocycles. The number of benzene rings is 3. The van der Waals surface area contributed by atoms with Crippen molar-refractivity contribution in [3.8, 4) is 11.4 Å². The molecule has 0 amide bonds. The number of ether oxygens (including phenoxy) is 1. The first-order valence-electron chi connectivity index (χ1n) is 12.5. The number of likely N-dealkylation sites (tertiary alicyclic amines) is 1. The van der Waals surface area contributed by atoms with Gasteiger partial charge >= 0.3 is 0 Å². The summed E-state index contributed by atoms with van der Waals surface area (Å²) in [6.07, 6.45) is 9.61. The van der Waals surface area contributed by atoms with Crippen molar-refractivity contribution in [2.75, 3.05) is 25.1 Å². The lowest BCUT2D eigenvalue weighted by atomic mass is 10.1. The second kappa shape index (κ2) is 11.2. The third-order valence-corrected chi connectivity index (χ3v) is 6.75. The molecule has 2 heterocycles. The van der Waals surface area contributed by atoms with Crippen LogP contribution in [0.15, 0.2) is 91.5 Å². The molecule has 0 unspecified atom stereocenters. The minimum absolute atomic E-state index is 0.813. The van der Waals surface area contributed by atoms with Crippen LogP contribution in [-0.2, 0) is 19.6 Å². The van der Waals surface area contributed by atoms with Crippen LogP contribution < -0.4 is 9.64 Å². The van der Waals surface area contributed by atoms with Gasteiger partial charge in [-0.1, -0.05) is 42.8 Å². The molecule has 5 nitrogen and oxygen atoms in total. The Morgan fingerprint density at radius 3 is 2.37 bits per heavy atom. The Kier molecular flexibility index (Phi) is 7.44. The minimum Gasteiger partial charge on any atom is -0.497 e. The predicted molar refractivity (Wildman–Crippen MR) is 142 cm³/mol. The Balaban J connectivity index is 1.39. The van der Waals surface area contributed by atoms with Gasteiger partial charge in [-0.15, -0.1) is 0 Å². The standard InChI is InChI=1S/C30H34N4O/c1-35-30-10-6-8-27(20-30)23-34(22-25-11-13-28(14-12-25)33-18-15-31-24-33)29-9-5-7-26(19-29)21-32-16-3-2-4-17-32/h5-15,18-20,24H,2-4,16-17,21-23H2,1H3. The highest BCUT2D eigenvalue weighted by Crippen LogP contribution is 2.25. The summed E-state index contributed by atoms with van der Waals surface area (Å²) < 4.78 is 7.51. The molecule has 1 aromatic heterocycles. The lowest BCUT2D eigenvalue weighted by Gasteiger charge is -2.28. The first kappa shape index (κ1) is 23.2. The van der Waals surface area contributed by atoms with Crippen molar-refractivity contribution in [2.45, 2.75) is 38.9 Å². The average molecular weight is 467 g/mol. The molecular formula is C30H34N4O. The van der Waals surface area contributed by atoms with Crippen LogP contribution in [0.5, 0.6) is 5.75 Å². The van der Waals surface area contributed by atoms with E-state index in [0.29, 0.717) is 0 Å². The van der Waals surface area contributed by atoms with E-state index >= 15 is 0 Å². The maximum atomic E-state index is 5.48. The van der Waals surface area contributed by atoms with Gasteiger partial charge in [0.25, 0.3) is 0 Å². The molecule has 0 aliphatic carbocycles. The van der Waals surface area contributed by atoms with Crippen LogP contribution in [0.4, 0.5) is 5.69 Å². The number of rotatable bonds is 9. The quantitative estimate of drug-likeness (QED) is 0.300. The van der Waals surface area contributed by atoms with Gasteiger partial charge < -0.3 is 14.2 Å². The fourth-order valence-corrected chi connectivity index (χ4v) is 4.86. The summed E-state index contributed by atoms with van der Waals surface area (Å²) in [5, 5.41) is 0. The Hall–Kier alpha value is -3.57. The van der Waals surface area contributed by atoms with Crippen molar-refractivity contribution in [1.29, 1.82) is 0 Å². The largest absolute Gasteiger partial charge is 0.497 e. The summed E-state index contributed by atoms with van der Waals surface area (Å²) in [5.41, 5.74) is 6.27. The molecule has 0 spiro atoms. The van der Waals surface area contributed by atoms with Gasteiger partial charge in [0.2, 0.25) is 0 Å². The molecule has 5 heteroatoms. The first-order chi connectivity index (χ1) is 17.3. The number of hydrogen-bond acceptors (Lipinski definition) is 4. The van der Waals surface area contributed by atoms with Crippen molar-refractivity contribution >= 4 is 5.69 Å². The monoisotopic (exact) mass is 466 g/mol. The molecule has 4 aromatic rings. The molecule has 1 aliphatic rings. The Morgan fingerprint density at radius 1 is 0.829 bits per heavy atom. The summed E-state index contributed by atoms with van der Waals surface area (Å²) in [4.78, 5) is 9.21. The molecule has 0 bridgehead atoms. The van der Waals surface area contributed by atoms with Gasteiger partial charge in [0.05, 0.1) is 13.4 Å². The van der Waals surface area contributed by atoms with Gasteiger partial charge in [-0.25, -0.2) is 4.98 Å². The van der Waals surface area contributed by atoms with E-state index in [0.717, 1.165) is 31.1 Å². The van der Waals surface area contributed by atoms with E-state index in [-0.39, 0.29) is 0 Å². The molecular weight excluding hydrogens is 432 g/mol. The van der Waals surface area contributed by atoms with E-state index in [1.807, 2.05) is 23.2 Å². The first-order valence-corrected chi connectivity index (χ1v) is 12.5. The zero-order chi connectivity index (χ0) is 23.9. The SMILES string of the molecule is COc1cccc(CN(Cc2ccc(-n3ccnc3)cc2)c2cccc(CN3CCCCC3)c2)c1. The summed E-state index contributed by atoms with van der Waals surface area (Å²) in [5.74, 6) is 0.894. The summed E-state index contributed by atoms with van der Waals surface area (Å²) in [7, 11) is 1.72. The number of nitrogens with zero attached hydrogens (tertiary/aromatic N) is 4. The van der Waals surface area contributed by atoms with Crippen molar-refractivity contribution in [3.05, 3.63) is 108 Å². The van der Waals surface area contributed by atoms with Gasteiger partial charge in [-0.3, -0.25) is 4.90 Å². The number of hydrogen-bond donors (Lipinski definition) is 0. The third-order valence-electron chi connectivity index (χ3n) is 6.75. The highest BCUT2D eigenvalue weighted by Gasteiger charge is 2.14. The smallest absolute Gasteiger partial charge is 0.119 e. The lowest BCUT2D eigenvalue weighted by Crippen LogP contribution is -2.29. The molecule has 0 N–H and O–H groups in total. The van der Waals surface area contributed by atoms with Gasteiger partial charge in [0, 0.05) is 43.4 Å². The molecule has 0 atom stereocenters.